The van der Waals surface area contributed by atoms with Crippen LogP contribution in [0, 0.1) is 0 Å². The second-order valence-electron chi connectivity index (χ2n) is 11.1. The van der Waals surface area contributed by atoms with E-state index in [4.69, 9.17) is 9.97 Å². The molecule has 0 N–H and O–H groups in total. The van der Waals surface area contributed by atoms with E-state index in [2.05, 4.69) is 137 Å². The Morgan fingerprint density at radius 3 is 1.59 bits per heavy atom. The summed E-state index contributed by atoms with van der Waals surface area (Å²) in [5.41, 5.74) is 10.2. The van der Waals surface area contributed by atoms with E-state index in [9.17, 15) is 0 Å². The van der Waals surface area contributed by atoms with E-state index in [1.807, 2.05) is 30.6 Å². The number of hydrogen-bond acceptors (Lipinski definition) is 2. The number of fused-ring (bicyclic) bond motifs is 7. The third-order valence-corrected chi connectivity index (χ3v) is 8.65. The second kappa shape index (κ2) is 9.79. The summed E-state index contributed by atoms with van der Waals surface area (Å²) in [5.74, 6) is 0.660. The maximum atomic E-state index is 4.93. The van der Waals surface area contributed by atoms with E-state index < -0.39 is 0 Å². The van der Waals surface area contributed by atoms with Gasteiger partial charge in [0, 0.05) is 45.2 Å². The van der Waals surface area contributed by atoms with Gasteiger partial charge in [0.1, 0.15) is 0 Å². The zero-order chi connectivity index (χ0) is 29.0. The van der Waals surface area contributed by atoms with Crippen molar-refractivity contribution >= 4 is 43.6 Å². The first-order valence-corrected chi connectivity index (χ1v) is 14.8. The van der Waals surface area contributed by atoms with Crippen LogP contribution in [0.3, 0.4) is 0 Å². The molecule has 0 bridgehead atoms. The number of rotatable bonds is 4. The number of benzene rings is 6. The van der Waals surface area contributed by atoms with Gasteiger partial charge >= 0.3 is 0 Å². The van der Waals surface area contributed by atoms with Crippen LogP contribution >= 0.6 is 0 Å². The Hall–Kier alpha value is -6.00. The van der Waals surface area contributed by atoms with Crippen LogP contribution in [0.5, 0.6) is 0 Å². The van der Waals surface area contributed by atoms with Crippen molar-refractivity contribution in [1.29, 1.82) is 0 Å². The first-order valence-electron chi connectivity index (χ1n) is 14.8. The molecule has 3 heterocycles. The zero-order valence-corrected chi connectivity index (χ0v) is 23.8. The van der Waals surface area contributed by atoms with Crippen LogP contribution in [-0.4, -0.2) is 19.1 Å². The van der Waals surface area contributed by atoms with Crippen LogP contribution in [0.4, 0.5) is 0 Å². The maximum Gasteiger partial charge on any atom is 0.234 e. The lowest BCUT2D eigenvalue weighted by Crippen LogP contribution is -2.01. The fourth-order valence-corrected chi connectivity index (χ4v) is 6.64. The highest BCUT2D eigenvalue weighted by molar-refractivity contribution is 6.26. The molecule has 6 aromatic carbocycles. The maximum absolute atomic E-state index is 4.93. The van der Waals surface area contributed by atoms with Crippen LogP contribution in [0.2, 0.25) is 0 Å². The number of para-hydroxylation sites is 2. The third kappa shape index (κ3) is 3.71. The Morgan fingerprint density at radius 1 is 0.364 bits per heavy atom. The van der Waals surface area contributed by atoms with Crippen molar-refractivity contribution in [2.24, 2.45) is 0 Å². The van der Waals surface area contributed by atoms with E-state index in [1.165, 1.54) is 38.2 Å². The Morgan fingerprint density at radius 2 is 0.909 bits per heavy atom. The standard InChI is InChI=1S/C40H26N4/c1-3-11-27(12-4-1)29-19-21-31(22-20-29)43-36-18-10-8-16-34(36)38-37(43)24-23-33-32-15-7-9-17-35(32)44(39(33)38)40-41-25-30(26-42-40)28-13-5-2-6-14-28/h1-26H. The van der Waals surface area contributed by atoms with Gasteiger partial charge in [-0.1, -0.05) is 115 Å². The Kier molecular flexibility index (Phi) is 5.47. The van der Waals surface area contributed by atoms with E-state index in [0.717, 1.165) is 33.4 Å². The zero-order valence-electron chi connectivity index (χ0n) is 23.8. The van der Waals surface area contributed by atoms with E-state index in [0.29, 0.717) is 5.95 Å². The average molecular weight is 563 g/mol. The largest absolute Gasteiger partial charge is 0.309 e. The van der Waals surface area contributed by atoms with Gasteiger partial charge in [0.25, 0.3) is 0 Å². The van der Waals surface area contributed by atoms with Crippen molar-refractivity contribution < 1.29 is 0 Å². The Bertz CT molecular complexity index is 2450. The molecule has 0 unspecified atom stereocenters. The molecule has 4 nitrogen and oxygen atoms in total. The van der Waals surface area contributed by atoms with Gasteiger partial charge in [-0.15, -0.1) is 0 Å². The SMILES string of the molecule is c1ccc(-c2ccc(-n3c4ccccc4c4c3ccc3c5ccccc5n(-c5ncc(-c6ccccc6)cn5)c34)cc2)cc1. The second-order valence-corrected chi connectivity index (χ2v) is 11.1. The minimum atomic E-state index is 0.660. The molecule has 0 radical (unpaired) electrons. The molecule has 206 valence electrons. The molecule has 0 aliphatic heterocycles. The lowest BCUT2D eigenvalue weighted by atomic mass is 10.1. The van der Waals surface area contributed by atoms with Crippen LogP contribution in [0.25, 0.3) is 77.5 Å². The fourth-order valence-electron chi connectivity index (χ4n) is 6.64. The van der Waals surface area contributed by atoms with Crippen LogP contribution in [-0.2, 0) is 0 Å². The van der Waals surface area contributed by atoms with Gasteiger partial charge < -0.3 is 4.57 Å². The molecule has 0 saturated carbocycles. The van der Waals surface area contributed by atoms with Crippen LogP contribution in [0.15, 0.2) is 158 Å². The van der Waals surface area contributed by atoms with Crippen molar-refractivity contribution in [1.82, 2.24) is 19.1 Å². The molecule has 0 atom stereocenters. The highest BCUT2D eigenvalue weighted by atomic mass is 15.2. The first kappa shape index (κ1) is 24.6. The van der Waals surface area contributed by atoms with Gasteiger partial charge in [0.15, 0.2) is 0 Å². The molecule has 0 amide bonds. The molecular weight excluding hydrogens is 536 g/mol. The predicted octanol–water partition coefficient (Wildman–Crippen LogP) is 10.0. The van der Waals surface area contributed by atoms with Crippen molar-refractivity contribution in [3.8, 4) is 33.9 Å². The molecule has 0 aliphatic carbocycles. The summed E-state index contributed by atoms with van der Waals surface area (Å²) < 4.78 is 4.61. The number of nitrogens with zero attached hydrogens (tertiary/aromatic N) is 4. The summed E-state index contributed by atoms with van der Waals surface area (Å²) in [6.45, 7) is 0. The summed E-state index contributed by atoms with van der Waals surface area (Å²) in [4.78, 5) is 9.87. The summed E-state index contributed by atoms with van der Waals surface area (Å²) in [5, 5.41) is 4.76. The highest BCUT2D eigenvalue weighted by Gasteiger charge is 2.21. The molecule has 44 heavy (non-hydrogen) atoms. The third-order valence-electron chi connectivity index (χ3n) is 8.65. The van der Waals surface area contributed by atoms with E-state index in [1.54, 1.807) is 0 Å². The monoisotopic (exact) mass is 562 g/mol. The Labute approximate surface area is 254 Å². The van der Waals surface area contributed by atoms with Gasteiger partial charge in [0.2, 0.25) is 5.95 Å². The van der Waals surface area contributed by atoms with Gasteiger partial charge in [-0.2, -0.15) is 0 Å². The summed E-state index contributed by atoms with van der Waals surface area (Å²) >= 11 is 0. The molecule has 0 spiro atoms. The normalized spacial score (nSPS) is 11.6. The van der Waals surface area contributed by atoms with Crippen molar-refractivity contribution in [3.63, 3.8) is 0 Å². The van der Waals surface area contributed by atoms with Gasteiger partial charge in [-0.05, 0) is 47.0 Å². The quantitative estimate of drug-likeness (QED) is 0.214. The average Bonchev–Trinajstić information content (AvgIpc) is 3.62. The Balaban J connectivity index is 1.32. The van der Waals surface area contributed by atoms with Gasteiger partial charge in [-0.25, -0.2) is 9.97 Å². The summed E-state index contributed by atoms with van der Waals surface area (Å²) in [6.07, 6.45) is 3.85. The highest BCUT2D eigenvalue weighted by Crippen LogP contribution is 2.41. The minimum absolute atomic E-state index is 0.660. The van der Waals surface area contributed by atoms with Gasteiger partial charge in [-0.3, -0.25) is 4.57 Å². The minimum Gasteiger partial charge on any atom is -0.309 e. The lowest BCUT2D eigenvalue weighted by molar-refractivity contribution is 0.992. The molecule has 4 heteroatoms. The van der Waals surface area contributed by atoms with E-state index in [-0.39, 0.29) is 0 Å². The molecular formula is C40H26N4. The van der Waals surface area contributed by atoms with E-state index >= 15 is 0 Å². The number of aromatic nitrogens is 4. The molecule has 0 aliphatic rings. The van der Waals surface area contributed by atoms with Crippen molar-refractivity contribution in [2.45, 2.75) is 0 Å². The van der Waals surface area contributed by atoms with Crippen LogP contribution in [0.1, 0.15) is 0 Å². The summed E-state index contributed by atoms with van der Waals surface area (Å²) in [6, 6.07) is 51.4. The van der Waals surface area contributed by atoms with Gasteiger partial charge in [0.05, 0.1) is 22.1 Å². The smallest absolute Gasteiger partial charge is 0.234 e. The summed E-state index contributed by atoms with van der Waals surface area (Å²) in [7, 11) is 0. The lowest BCUT2D eigenvalue weighted by Gasteiger charge is -2.10. The number of hydrogen-bond donors (Lipinski definition) is 0. The van der Waals surface area contributed by atoms with Crippen molar-refractivity contribution in [3.05, 3.63) is 158 Å². The first-order chi connectivity index (χ1) is 21.8. The molecule has 9 rings (SSSR count). The van der Waals surface area contributed by atoms with Crippen molar-refractivity contribution in [2.75, 3.05) is 0 Å². The van der Waals surface area contributed by atoms with Crippen LogP contribution < -0.4 is 0 Å². The molecule has 3 aromatic heterocycles. The fraction of sp³-hybridized carbons (Fsp3) is 0. The topological polar surface area (TPSA) is 35.6 Å². The molecule has 0 saturated heterocycles. The molecule has 0 fully saturated rings. The predicted molar refractivity (Wildman–Crippen MR) is 182 cm³/mol. The molecule has 9 aromatic rings.